The van der Waals surface area contributed by atoms with Gasteiger partial charge in [0.2, 0.25) is 11.8 Å². The number of nitrogens with one attached hydrogen (secondary N) is 2. The third kappa shape index (κ3) is 3.38. The van der Waals surface area contributed by atoms with Crippen molar-refractivity contribution < 1.29 is 9.53 Å². The summed E-state index contributed by atoms with van der Waals surface area (Å²) in [4.78, 5) is 19.2. The molecule has 1 amide bonds. The second kappa shape index (κ2) is 5.89. The van der Waals surface area contributed by atoms with Crippen LogP contribution in [0.3, 0.4) is 0 Å². The molecular weight excluding hydrogens is 208 g/mol. The highest BCUT2D eigenvalue weighted by molar-refractivity contribution is 5.83. The molecule has 0 radical (unpaired) electrons. The van der Waals surface area contributed by atoms with Gasteiger partial charge in [0.25, 0.3) is 0 Å². The minimum atomic E-state index is -0.352. The number of rotatable bonds is 5. The van der Waals surface area contributed by atoms with Crippen molar-refractivity contribution in [2.45, 2.75) is 19.9 Å². The van der Waals surface area contributed by atoms with E-state index in [1.54, 1.807) is 20.0 Å². The van der Waals surface area contributed by atoms with Gasteiger partial charge >= 0.3 is 0 Å². The molecule has 0 fully saturated rings. The molecule has 2 N–H and O–H groups in total. The Morgan fingerprint density at radius 1 is 1.56 bits per heavy atom. The van der Waals surface area contributed by atoms with Crippen LogP contribution in [0.5, 0.6) is 5.88 Å². The number of ether oxygens (including phenoxy) is 1. The number of carbonyl (C=O) groups is 1. The fourth-order valence-corrected chi connectivity index (χ4v) is 1.15. The number of aromatic nitrogens is 2. The molecule has 1 aromatic heterocycles. The number of amides is 1. The summed E-state index contributed by atoms with van der Waals surface area (Å²) in [5.74, 6) is 0.954. The Hall–Kier alpha value is -1.85. The first-order chi connectivity index (χ1) is 7.67. The molecule has 1 unspecified atom stereocenters. The van der Waals surface area contributed by atoms with E-state index >= 15 is 0 Å². The van der Waals surface area contributed by atoms with Crippen LogP contribution in [0, 0.1) is 0 Å². The maximum absolute atomic E-state index is 11.3. The summed E-state index contributed by atoms with van der Waals surface area (Å²) in [7, 11) is 1.59. The van der Waals surface area contributed by atoms with E-state index in [9.17, 15) is 4.79 Å². The van der Waals surface area contributed by atoms with Crippen molar-refractivity contribution >= 4 is 11.7 Å². The maximum atomic E-state index is 11.3. The van der Waals surface area contributed by atoms with Crippen LogP contribution < -0.4 is 15.4 Å². The van der Waals surface area contributed by atoms with Crippen LogP contribution >= 0.6 is 0 Å². The lowest BCUT2D eigenvalue weighted by molar-refractivity contribution is -0.121. The first-order valence-electron chi connectivity index (χ1n) is 5.10. The van der Waals surface area contributed by atoms with Gasteiger partial charge in [-0.25, -0.2) is 9.97 Å². The van der Waals surface area contributed by atoms with Gasteiger partial charge in [0.05, 0.1) is 6.61 Å². The second-order valence-corrected chi connectivity index (χ2v) is 3.15. The van der Waals surface area contributed by atoms with Gasteiger partial charge in [-0.3, -0.25) is 4.79 Å². The Bertz CT molecular complexity index is 356. The van der Waals surface area contributed by atoms with Crippen molar-refractivity contribution in [2.24, 2.45) is 0 Å². The average molecular weight is 224 g/mol. The maximum Gasteiger partial charge on any atom is 0.241 e. The van der Waals surface area contributed by atoms with Crippen molar-refractivity contribution in [3.63, 3.8) is 0 Å². The molecule has 6 nitrogen and oxygen atoms in total. The van der Waals surface area contributed by atoms with Crippen LogP contribution in [0.25, 0.3) is 0 Å². The highest BCUT2D eigenvalue weighted by Gasteiger charge is 2.11. The summed E-state index contributed by atoms with van der Waals surface area (Å²) >= 11 is 0. The Kier molecular flexibility index (Phi) is 4.50. The minimum Gasteiger partial charge on any atom is -0.478 e. The van der Waals surface area contributed by atoms with Gasteiger partial charge in [0.1, 0.15) is 18.2 Å². The van der Waals surface area contributed by atoms with Crippen LogP contribution in [0.2, 0.25) is 0 Å². The molecule has 16 heavy (non-hydrogen) atoms. The van der Waals surface area contributed by atoms with Gasteiger partial charge in [-0.1, -0.05) is 0 Å². The number of likely N-dealkylation sites (N-methyl/N-ethyl adjacent to an activating group) is 1. The summed E-state index contributed by atoms with van der Waals surface area (Å²) in [6.07, 6.45) is 1.39. The van der Waals surface area contributed by atoms with Gasteiger partial charge in [-0.2, -0.15) is 0 Å². The quantitative estimate of drug-likeness (QED) is 0.758. The fourth-order valence-electron chi connectivity index (χ4n) is 1.15. The molecule has 0 aliphatic rings. The zero-order chi connectivity index (χ0) is 12.0. The normalized spacial score (nSPS) is 11.7. The third-order valence-corrected chi connectivity index (χ3v) is 1.94. The topological polar surface area (TPSA) is 76.1 Å². The van der Waals surface area contributed by atoms with E-state index in [1.165, 1.54) is 6.33 Å². The Balaban J connectivity index is 2.66. The molecule has 0 aliphatic heterocycles. The number of hydrogen-bond donors (Lipinski definition) is 2. The van der Waals surface area contributed by atoms with E-state index in [0.717, 1.165) is 0 Å². The van der Waals surface area contributed by atoms with Crippen molar-refractivity contribution in [1.82, 2.24) is 15.3 Å². The van der Waals surface area contributed by atoms with Gasteiger partial charge in [0.15, 0.2) is 0 Å². The second-order valence-electron chi connectivity index (χ2n) is 3.15. The zero-order valence-corrected chi connectivity index (χ0v) is 9.65. The summed E-state index contributed by atoms with van der Waals surface area (Å²) in [6.45, 7) is 4.17. The van der Waals surface area contributed by atoms with Crippen molar-refractivity contribution in [3.8, 4) is 5.88 Å². The van der Waals surface area contributed by atoms with E-state index in [0.29, 0.717) is 18.3 Å². The predicted octanol–water partition coefficient (Wildman–Crippen LogP) is 0.422. The van der Waals surface area contributed by atoms with Crippen molar-refractivity contribution in [1.29, 1.82) is 0 Å². The van der Waals surface area contributed by atoms with Gasteiger partial charge < -0.3 is 15.4 Å². The van der Waals surface area contributed by atoms with Crippen LogP contribution in [0.4, 0.5) is 5.82 Å². The lowest BCUT2D eigenvalue weighted by Crippen LogP contribution is -2.35. The standard InChI is InChI=1S/C10H16N4O2/c1-4-16-9-5-8(12-6-13-9)14-7(2)10(15)11-3/h5-7H,4H2,1-3H3,(H,11,15)(H,12,13,14). The van der Waals surface area contributed by atoms with E-state index < -0.39 is 0 Å². The lowest BCUT2D eigenvalue weighted by atomic mass is 10.3. The summed E-state index contributed by atoms with van der Waals surface area (Å²) in [5, 5.41) is 5.50. The molecule has 0 bridgehead atoms. The molecule has 0 spiro atoms. The zero-order valence-electron chi connectivity index (χ0n) is 9.65. The highest BCUT2D eigenvalue weighted by Crippen LogP contribution is 2.11. The van der Waals surface area contributed by atoms with E-state index in [2.05, 4.69) is 20.6 Å². The molecule has 1 heterocycles. The molecule has 0 aliphatic carbocycles. The molecule has 88 valence electrons. The van der Waals surface area contributed by atoms with Gasteiger partial charge in [-0.15, -0.1) is 0 Å². The van der Waals surface area contributed by atoms with Gasteiger partial charge in [0, 0.05) is 13.1 Å². The Labute approximate surface area is 94.4 Å². The average Bonchev–Trinajstić information content (AvgIpc) is 2.29. The third-order valence-electron chi connectivity index (χ3n) is 1.94. The van der Waals surface area contributed by atoms with Crippen molar-refractivity contribution in [3.05, 3.63) is 12.4 Å². The summed E-state index contributed by atoms with van der Waals surface area (Å²) in [5.41, 5.74) is 0. The molecule has 6 heteroatoms. The first kappa shape index (κ1) is 12.2. The molecule has 1 atom stereocenters. The monoisotopic (exact) mass is 224 g/mol. The van der Waals surface area contributed by atoms with Gasteiger partial charge in [-0.05, 0) is 13.8 Å². The molecule has 1 rings (SSSR count). The minimum absolute atomic E-state index is 0.100. The molecule has 0 saturated heterocycles. The summed E-state index contributed by atoms with van der Waals surface area (Å²) < 4.78 is 5.22. The SMILES string of the molecule is CCOc1cc(NC(C)C(=O)NC)ncn1. The molecule has 0 saturated carbocycles. The first-order valence-corrected chi connectivity index (χ1v) is 5.10. The number of anilines is 1. The van der Waals surface area contributed by atoms with Crippen LogP contribution in [-0.2, 0) is 4.79 Å². The smallest absolute Gasteiger partial charge is 0.241 e. The van der Waals surface area contributed by atoms with E-state index in [4.69, 9.17) is 4.74 Å². The predicted molar refractivity (Wildman–Crippen MR) is 60.4 cm³/mol. The number of hydrogen-bond acceptors (Lipinski definition) is 5. The highest BCUT2D eigenvalue weighted by atomic mass is 16.5. The fraction of sp³-hybridized carbons (Fsp3) is 0.500. The molecule has 0 aromatic carbocycles. The number of nitrogens with zero attached hydrogens (tertiary/aromatic N) is 2. The number of carbonyl (C=O) groups excluding carboxylic acids is 1. The Morgan fingerprint density at radius 3 is 2.94 bits per heavy atom. The Morgan fingerprint density at radius 2 is 2.31 bits per heavy atom. The molecule has 1 aromatic rings. The van der Waals surface area contributed by atoms with Crippen LogP contribution in [0.1, 0.15) is 13.8 Å². The van der Waals surface area contributed by atoms with E-state index in [-0.39, 0.29) is 11.9 Å². The summed E-state index contributed by atoms with van der Waals surface area (Å²) in [6, 6.07) is 1.30. The largest absolute Gasteiger partial charge is 0.478 e. The van der Waals surface area contributed by atoms with Crippen LogP contribution in [0.15, 0.2) is 12.4 Å². The lowest BCUT2D eigenvalue weighted by Gasteiger charge is -2.12. The van der Waals surface area contributed by atoms with E-state index in [1.807, 2.05) is 6.92 Å². The molecular formula is C10H16N4O2. The van der Waals surface area contributed by atoms with Crippen molar-refractivity contribution in [2.75, 3.05) is 19.0 Å². The van der Waals surface area contributed by atoms with Crippen LogP contribution in [-0.4, -0.2) is 35.6 Å².